The van der Waals surface area contributed by atoms with Gasteiger partial charge in [0, 0.05) is 65.6 Å². The van der Waals surface area contributed by atoms with Crippen molar-refractivity contribution in [3.63, 3.8) is 0 Å². The molecule has 0 saturated heterocycles. The van der Waals surface area contributed by atoms with Crippen molar-refractivity contribution in [2.75, 3.05) is 66.2 Å². The molecular weight excluding hydrogens is 1200 g/mol. The van der Waals surface area contributed by atoms with Gasteiger partial charge in [0.1, 0.15) is 83.8 Å². The standard InChI is InChI=1S/C55H58N12O11S6/c1-27(2)31-18-37(68)43-28(3)83-54(66-43)33(19-40(69)56-4)59-48(73)35-24-79-50(61-35)30-12-13-32(52-64-39(26-82-52)63-42(71)22-78-17-16-77-15-14-75-5)58-44(30)34-23-80-53(60-34)36-25-81-55(62-36)46(47(72)29-10-8-7-9-11-29)65-41(70)20-57-49(74)45-38(21-76-6)84-51(31)67-45/h7-13,23-27,31,33,46-47,72H,14-22H2,1-6H3,(H,56,69)(H,57,74)(H,59,73)(H,63,71)(H,65,70)/t31-,33+,46+,47+/m1/s1. The SMILES string of the molecule is CNC(=O)C[C@@H]1NC(=O)c2csc(n2)-c2ccc(-c3nc(NC(=O)COCCOCCOC)cs3)nc2-c2csc(n2)-c2csc(n2)[C@H]([C@@H](O)c2ccccc2)NC(=O)CNC(=O)c2nc(sc2COC)[C@@H](C(C)C)CC(=O)c2nc1sc2C. The maximum atomic E-state index is 14.4. The summed E-state index contributed by atoms with van der Waals surface area (Å²) in [5, 5.41) is 35.2. The van der Waals surface area contributed by atoms with Gasteiger partial charge in [0.15, 0.2) is 5.78 Å². The van der Waals surface area contributed by atoms with Crippen molar-refractivity contribution < 1.29 is 52.8 Å². The molecule has 1 aromatic carbocycles. The molecule has 0 fully saturated rings. The number of aliphatic hydroxyl groups is 1. The molecule has 6 N–H and O–H groups in total. The van der Waals surface area contributed by atoms with E-state index in [9.17, 15) is 33.9 Å². The molecule has 9 rings (SSSR count). The van der Waals surface area contributed by atoms with E-state index in [1.54, 1.807) is 72.0 Å². The summed E-state index contributed by atoms with van der Waals surface area (Å²) in [6.07, 6.45) is -1.49. The van der Waals surface area contributed by atoms with E-state index in [4.69, 9.17) is 48.9 Å². The molecule has 1 aliphatic rings. The van der Waals surface area contributed by atoms with Crippen LogP contribution >= 0.6 is 68.0 Å². The van der Waals surface area contributed by atoms with Crippen molar-refractivity contribution in [2.45, 2.75) is 64.3 Å². The zero-order valence-corrected chi connectivity index (χ0v) is 51.1. The number of pyridine rings is 1. The van der Waals surface area contributed by atoms with Gasteiger partial charge in [-0.1, -0.05) is 44.2 Å². The summed E-state index contributed by atoms with van der Waals surface area (Å²) >= 11 is 7.33. The number of thiazole rings is 6. The third kappa shape index (κ3) is 15.1. The van der Waals surface area contributed by atoms with Crippen LogP contribution < -0.4 is 26.6 Å². The van der Waals surface area contributed by atoms with Crippen LogP contribution in [0.5, 0.6) is 0 Å². The van der Waals surface area contributed by atoms with E-state index in [-0.39, 0.29) is 67.4 Å². The van der Waals surface area contributed by atoms with Crippen LogP contribution in [0.3, 0.4) is 0 Å². The largest absolute Gasteiger partial charge is 0.386 e. The predicted molar refractivity (Wildman–Crippen MR) is 321 cm³/mol. The molecule has 10 bridgehead atoms. The van der Waals surface area contributed by atoms with Gasteiger partial charge < -0.3 is 50.6 Å². The topological polar surface area (TPSA) is 310 Å². The van der Waals surface area contributed by atoms with Gasteiger partial charge in [-0.15, -0.1) is 68.0 Å². The summed E-state index contributed by atoms with van der Waals surface area (Å²) in [6, 6.07) is 10.3. The Morgan fingerprint density at radius 3 is 2.18 bits per heavy atom. The number of hydrogen-bond donors (Lipinski definition) is 6. The molecule has 84 heavy (non-hydrogen) atoms. The lowest BCUT2D eigenvalue weighted by molar-refractivity contribution is -0.122. The molecule has 0 saturated carbocycles. The van der Waals surface area contributed by atoms with Gasteiger partial charge in [-0.05, 0) is 30.5 Å². The number of carbonyl (C=O) groups is 6. The van der Waals surface area contributed by atoms with Crippen LogP contribution in [0.15, 0.2) is 64.0 Å². The number of hydrogen-bond acceptors (Lipinski definition) is 24. The summed E-state index contributed by atoms with van der Waals surface area (Å²) < 4.78 is 21.3. The highest BCUT2D eigenvalue weighted by Crippen LogP contribution is 2.41. The number of aliphatic hydroxyl groups excluding tert-OH is 1. The highest BCUT2D eigenvalue weighted by Gasteiger charge is 2.33. The van der Waals surface area contributed by atoms with Crippen LogP contribution in [0, 0.1) is 12.8 Å². The zero-order valence-electron chi connectivity index (χ0n) is 46.2. The molecule has 8 heterocycles. The molecule has 7 aromatic heterocycles. The van der Waals surface area contributed by atoms with E-state index < -0.39 is 54.3 Å². The van der Waals surface area contributed by atoms with Gasteiger partial charge in [0.25, 0.3) is 17.7 Å². The Kier molecular flexibility index (Phi) is 21.0. The highest BCUT2D eigenvalue weighted by molar-refractivity contribution is 7.15. The second kappa shape index (κ2) is 28.7. The third-order valence-electron chi connectivity index (χ3n) is 12.9. The summed E-state index contributed by atoms with van der Waals surface area (Å²) in [6.45, 7) is 6.33. The molecule has 0 radical (unpaired) electrons. The molecule has 8 aromatic rings. The number of ketones is 1. The summed E-state index contributed by atoms with van der Waals surface area (Å²) in [5.41, 5.74) is 2.95. The van der Waals surface area contributed by atoms with E-state index in [2.05, 4.69) is 31.6 Å². The average Bonchev–Trinajstić information content (AvgIpc) is 3.63. The number of amides is 5. The first-order valence-electron chi connectivity index (χ1n) is 26.2. The lowest BCUT2D eigenvalue weighted by atomic mass is 9.90. The van der Waals surface area contributed by atoms with Crippen LogP contribution in [0.4, 0.5) is 5.82 Å². The summed E-state index contributed by atoms with van der Waals surface area (Å²) in [5.74, 6) is -3.27. The van der Waals surface area contributed by atoms with Crippen LogP contribution in [0.25, 0.3) is 43.4 Å². The lowest BCUT2D eigenvalue weighted by Gasteiger charge is -2.23. The Balaban J connectivity index is 1.09. The zero-order chi connectivity index (χ0) is 59.4. The van der Waals surface area contributed by atoms with Crippen LogP contribution in [-0.2, 0) is 39.9 Å². The number of Topliss-reactive ketones (excluding diaryl/α,β-unsaturated/α-hetero) is 1. The number of benzene rings is 1. The van der Waals surface area contributed by atoms with Crippen molar-refractivity contribution in [1.29, 1.82) is 0 Å². The fourth-order valence-corrected chi connectivity index (χ4v) is 14.2. The van der Waals surface area contributed by atoms with Gasteiger partial charge in [-0.3, -0.25) is 28.8 Å². The fourth-order valence-electron chi connectivity index (χ4n) is 8.60. The second-order valence-corrected chi connectivity index (χ2v) is 25.0. The Hall–Kier alpha value is -7.03. The lowest BCUT2D eigenvalue weighted by Crippen LogP contribution is -2.40. The van der Waals surface area contributed by atoms with E-state index in [0.29, 0.717) is 99.3 Å². The quantitative estimate of drug-likeness (QED) is 0.0473. The first-order valence-corrected chi connectivity index (χ1v) is 31.4. The molecular formula is C55H58N12O11S6. The number of ether oxygens (including phenoxy) is 4. The van der Waals surface area contributed by atoms with Crippen LogP contribution in [0.2, 0.25) is 0 Å². The molecule has 5 amide bonds. The molecule has 29 heteroatoms. The summed E-state index contributed by atoms with van der Waals surface area (Å²) in [4.78, 5) is 117. The monoisotopic (exact) mass is 1250 g/mol. The fraction of sp³-hybridized carbons (Fsp3) is 0.364. The van der Waals surface area contributed by atoms with Crippen molar-refractivity contribution in [1.82, 2.24) is 56.2 Å². The number of rotatable bonds is 17. The van der Waals surface area contributed by atoms with Gasteiger partial charge in [0.05, 0.1) is 67.6 Å². The minimum Gasteiger partial charge on any atom is -0.386 e. The Labute approximate surface area is 506 Å². The molecule has 440 valence electrons. The molecule has 4 atom stereocenters. The van der Waals surface area contributed by atoms with E-state index in [1.165, 1.54) is 82.2 Å². The van der Waals surface area contributed by atoms with Crippen molar-refractivity contribution in [3.05, 3.63) is 111 Å². The minimum atomic E-state index is -1.27. The maximum Gasteiger partial charge on any atom is 0.271 e. The number of aromatic nitrogens is 7. The first kappa shape index (κ1) is 61.5. The highest BCUT2D eigenvalue weighted by atomic mass is 32.1. The number of nitrogens with one attached hydrogen (secondary N) is 5. The Bertz CT molecular complexity index is 3630. The molecule has 0 spiro atoms. The Morgan fingerprint density at radius 2 is 1.40 bits per heavy atom. The second-order valence-electron chi connectivity index (χ2n) is 19.2. The molecule has 23 nitrogen and oxygen atoms in total. The molecule has 0 aliphatic carbocycles. The number of fused-ring (bicyclic) bond motifs is 14. The van der Waals surface area contributed by atoms with Crippen molar-refractivity contribution >= 4 is 109 Å². The third-order valence-corrected chi connectivity index (χ3v) is 18.7. The van der Waals surface area contributed by atoms with Gasteiger partial charge in [0.2, 0.25) is 11.8 Å². The Morgan fingerprint density at radius 1 is 0.690 bits per heavy atom. The van der Waals surface area contributed by atoms with Crippen molar-refractivity contribution in [2.24, 2.45) is 5.92 Å². The first-order chi connectivity index (χ1) is 40.6. The van der Waals surface area contributed by atoms with E-state index in [1.807, 2.05) is 19.9 Å². The normalized spacial score (nSPS) is 16.4. The van der Waals surface area contributed by atoms with E-state index >= 15 is 0 Å². The van der Waals surface area contributed by atoms with Gasteiger partial charge in [-0.25, -0.2) is 34.9 Å². The van der Waals surface area contributed by atoms with Crippen molar-refractivity contribution in [3.8, 4) is 43.4 Å². The minimum absolute atomic E-state index is 0.0317. The average molecular weight is 1260 g/mol. The maximum absolute atomic E-state index is 14.4. The van der Waals surface area contributed by atoms with Gasteiger partial charge in [-0.2, -0.15) is 0 Å². The van der Waals surface area contributed by atoms with E-state index in [0.717, 1.165) is 0 Å². The summed E-state index contributed by atoms with van der Waals surface area (Å²) in [7, 11) is 4.55. The van der Waals surface area contributed by atoms with Crippen LogP contribution in [0.1, 0.15) is 113 Å². The number of methoxy groups -OCH3 is 2. The van der Waals surface area contributed by atoms with Crippen LogP contribution in [-0.4, -0.2) is 136 Å². The number of anilines is 1. The molecule has 0 unspecified atom stereocenters. The predicted octanol–water partition coefficient (Wildman–Crippen LogP) is 7.82. The number of aryl methyl sites for hydroxylation is 1. The molecule has 1 aliphatic heterocycles. The number of nitrogens with zero attached hydrogens (tertiary/aromatic N) is 7. The number of carbonyl (C=O) groups excluding carboxylic acids is 6. The van der Waals surface area contributed by atoms with Gasteiger partial charge >= 0.3 is 0 Å². The smallest absolute Gasteiger partial charge is 0.271 e.